The smallest absolute Gasteiger partial charge is 0.341 e. The van der Waals surface area contributed by atoms with Crippen LogP contribution >= 0.6 is 0 Å². The first-order chi connectivity index (χ1) is 7.76. The Morgan fingerprint density at radius 3 is 2.31 bits per heavy atom. The molecule has 2 rings (SSSR count). The van der Waals surface area contributed by atoms with Crippen molar-refractivity contribution in [2.45, 2.75) is 25.7 Å². The number of carbonyl (C=O) groups is 1. The molecule has 0 aromatic heterocycles. The van der Waals surface area contributed by atoms with Gasteiger partial charge in [0, 0.05) is 0 Å². The van der Waals surface area contributed by atoms with Gasteiger partial charge in [-0.15, -0.1) is 0 Å². The summed E-state index contributed by atoms with van der Waals surface area (Å²) in [6.07, 6.45) is 4.53. The van der Waals surface area contributed by atoms with Crippen LogP contribution in [0.15, 0.2) is 12.1 Å². The van der Waals surface area contributed by atoms with Gasteiger partial charge in [-0.25, -0.2) is 4.79 Å². The summed E-state index contributed by atoms with van der Waals surface area (Å²) >= 11 is 0. The van der Waals surface area contributed by atoms with E-state index in [1.807, 2.05) is 12.1 Å². The topological polar surface area (TPSA) is 35.5 Å². The first-order valence-corrected chi connectivity index (χ1v) is 5.54. The molecule has 1 aliphatic rings. The molecule has 86 valence electrons. The second-order valence-corrected chi connectivity index (χ2v) is 4.02. The minimum Gasteiger partial charge on any atom is -0.496 e. The number of hydrogen-bond donors (Lipinski definition) is 0. The Morgan fingerprint density at radius 2 is 1.75 bits per heavy atom. The largest absolute Gasteiger partial charge is 0.496 e. The van der Waals surface area contributed by atoms with Gasteiger partial charge in [-0.1, -0.05) is 0 Å². The summed E-state index contributed by atoms with van der Waals surface area (Å²) in [6.45, 7) is 0. The third-order valence-electron chi connectivity index (χ3n) is 3.07. The molecule has 0 fully saturated rings. The molecule has 1 aromatic rings. The van der Waals surface area contributed by atoms with Crippen molar-refractivity contribution in [3.63, 3.8) is 0 Å². The molecular weight excluding hydrogens is 204 g/mol. The zero-order chi connectivity index (χ0) is 11.5. The van der Waals surface area contributed by atoms with Crippen LogP contribution in [0.5, 0.6) is 5.75 Å². The molecule has 0 spiro atoms. The average molecular weight is 220 g/mol. The van der Waals surface area contributed by atoms with E-state index in [2.05, 4.69) is 0 Å². The number of rotatable bonds is 2. The lowest BCUT2D eigenvalue weighted by Gasteiger charge is -2.18. The molecule has 3 nitrogen and oxygen atoms in total. The first-order valence-electron chi connectivity index (χ1n) is 5.54. The summed E-state index contributed by atoms with van der Waals surface area (Å²) in [5, 5.41) is 0. The monoisotopic (exact) mass is 220 g/mol. The highest BCUT2D eigenvalue weighted by atomic mass is 16.5. The lowest BCUT2D eigenvalue weighted by Crippen LogP contribution is -2.09. The highest BCUT2D eigenvalue weighted by molar-refractivity contribution is 5.92. The van der Waals surface area contributed by atoms with Crippen molar-refractivity contribution in [1.82, 2.24) is 0 Å². The van der Waals surface area contributed by atoms with E-state index < -0.39 is 0 Å². The molecule has 0 atom stereocenters. The maximum absolute atomic E-state index is 11.6. The third kappa shape index (κ3) is 1.90. The van der Waals surface area contributed by atoms with Gasteiger partial charge in [0.1, 0.15) is 11.3 Å². The van der Waals surface area contributed by atoms with Crippen LogP contribution in [-0.4, -0.2) is 20.2 Å². The Kier molecular flexibility index (Phi) is 3.13. The Labute approximate surface area is 95.4 Å². The molecule has 0 N–H and O–H groups in total. The van der Waals surface area contributed by atoms with Crippen LogP contribution in [0, 0.1) is 0 Å². The fourth-order valence-electron chi connectivity index (χ4n) is 2.20. The molecule has 1 aromatic carbocycles. The van der Waals surface area contributed by atoms with Gasteiger partial charge in [0.05, 0.1) is 14.2 Å². The summed E-state index contributed by atoms with van der Waals surface area (Å²) in [5.74, 6) is 0.290. The van der Waals surface area contributed by atoms with Gasteiger partial charge < -0.3 is 9.47 Å². The van der Waals surface area contributed by atoms with Crippen LogP contribution in [0.2, 0.25) is 0 Å². The number of methoxy groups -OCH3 is 2. The standard InChI is InChI=1S/C13H16O3/c1-15-12-8-10-6-4-3-5-9(10)7-11(12)13(14)16-2/h7-8H,3-6H2,1-2H3. The van der Waals surface area contributed by atoms with Crippen LogP contribution in [0.25, 0.3) is 0 Å². The second-order valence-electron chi connectivity index (χ2n) is 4.02. The minimum absolute atomic E-state index is 0.328. The normalized spacial score (nSPS) is 14.1. The van der Waals surface area contributed by atoms with E-state index in [-0.39, 0.29) is 5.97 Å². The molecule has 0 heterocycles. The summed E-state index contributed by atoms with van der Waals surface area (Å²) in [4.78, 5) is 11.6. The summed E-state index contributed by atoms with van der Waals surface area (Å²) in [6, 6.07) is 3.89. The van der Waals surface area contributed by atoms with Gasteiger partial charge in [0.2, 0.25) is 0 Å². The Bertz CT molecular complexity index is 410. The summed E-state index contributed by atoms with van der Waals surface area (Å²) in [7, 11) is 2.97. The predicted octanol–water partition coefficient (Wildman–Crippen LogP) is 2.36. The quantitative estimate of drug-likeness (QED) is 0.718. The summed E-state index contributed by atoms with van der Waals surface area (Å²) in [5.41, 5.74) is 3.09. The second kappa shape index (κ2) is 4.56. The molecule has 16 heavy (non-hydrogen) atoms. The highest BCUT2D eigenvalue weighted by Gasteiger charge is 2.18. The van der Waals surface area contributed by atoms with E-state index >= 15 is 0 Å². The van der Waals surface area contributed by atoms with Gasteiger partial charge in [0.15, 0.2) is 0 Å². The Hall–Kier alpha value is -1.51. The van der Waals surface area contributed by atoms with Gasteiger partial charge in [-0.3, -0.25) is 0 Å². The zero-order valence-electron chi connectivity index (χ0n) is 9.71. The van der Waals surface area contributed by atoms with Gasteiger partial charge in [0.25, 0.3) is 0 Å². The fraction of sp³-hybridized carbons (Fsp3) is 0.462. The van der Waals surface area contributed by atoms with Crippen molar-refractivity contribution in [1.29, 1.82) is 0 Å². The lowest BCUT2D eigenvalue weighted by molar-refractivity contribution is 0.0597. The van der Waals surface area contributed by atoms with Crippen LogP contribution in [0.3, 0.4) is 0 Å². The number of aryl methyl sites for hydroxylation is 2. The van der Waals surface area contributed by atoms with Crippen molar-refractivity contribution < 1.29 is 14.3 Å². The predicted molar refractivity (Wildman–Crippen MR) is 61.0 cm³/mol. The highest BCUT2D eigenvalue weighted by Crippen LogP contribution is 2.29. The van der Waals surface area contributed by atoms with E-state index in [1.165, 1.54) is 31.1 Å². The number of carbonyl (C=O) groups excluding carboxylic acids is 1. The molecule has 1 aliphatic carbocycles. The molecule has 0 radical (unpaired) electrons. The van der Waals surface area contributed by atoms with E-state index in [9.17, 15) is 4.79 Å². The third-order valence-corrected chi connectivity index (χ3v) is 3.07. The number of hydrogen-bond acceptors (Lipinski definition) is 3. The molecule has 3 heteroatoms. The SMILES string of the molecule is COC(=O)c1cc2c(cc1OC)CCCC2. The lowest BCUT2D eigenvalue weighted by atomic mass is 9.90. The average Bonchev–Trinajstić information content (AvgIpc) is 2.36. The van der Waals surface area contributed by atoms with E-state index in [0.29, 0.717) is 11.3 Å². The van der Waals surface area contributed by atoms with E-state index in [1.54, 1.807) is 7.11 Å². The Balaban J connectivity index is 2.47. The van der Waals surface area contributed by atoms with Crippen LogP contribution in [0.4, 0.5) is 0 Å². The van der Waals surface area contributed by atoms with E-state index in [0.717, 1.165) is 12.8 Å². The fourth-order valence-corrected chi connectivity index (χ4v) is 2.20. The van der Waals surface area contributed by atoms with E-state index in [4.69, 9.17) is 9.47 Å². The molecule has 0 saturated heterocycles. The Morgan fingerprint density at radius 1 is 1.12 bits per heavy atom. The summed E-state index contributed by atoms with van der Waals surface area (Å²) < 4.78 is 9.98. The van der Waals surface area contributed by atoms with Gasteiger partial charge in [-0.2, -0.15) is 0 Å². The van der Waals surface area contributed by atoms with Gasteiger partial charge >= 0.3 is 5.97 Å². The van der Waals surface area contributed by atoms with Crippen molar-refractivity contribution in [3.8, 4) is 5.75 Å². The number of esters is 1. The first kappa shape index (κ1) is 11.0. The minimum atomic E-state index is -0.328. The molecule has 0 amide bonds. The van der Waals surface area contributed by atoms with Crippen LogP contribution in [-0.2, 0) is 17.6 Å². The molecular formula is C13H16O3. The zero-order valence-corrected chi connectivity index (χ0v) is 9.71. The maximum Gasteiger partial charge on any atom is 0.341 e. The van der Waals surface area contributed by atoms with Crippen molar-refractivity contribution in [2.24, 2.45) is 0 Å². The van der Waals surface area contributed by atoms with Gasteiger partial charge in [-0.05, 0) is 48.9 Å². The number of benzene rings is 1. The van der Waals surface area contributed by atoms with Crippen molar-refractivity contribution in [2.75, 3.05) is 14.2 Å². The van der Waals surface area contributed by atoms with Crippen LogP contribution < -0.4 is 4.74 Å². The number of ether oxygens (including phenoxy) is 2. The maximum atomic E-state index is 11.6. The van der Waals surface area contributed by atoms with Crippen molar-refractivity contribution in [3.05, 3.63) is 28.8 Å². The number of fused-ring (bicyclic) bond motifs is 1. The van der Waals surface area contributed by atoms with Crippen molar-refractivity contribution >= 4 is 5.97 Å². The van der Waals surface area contributed by atoms with Crippen LogP contribution in [0.1, 0.15) is 34.3 Å². The molecule has 0 bridgehead atoms. The molecule has 0 aliphatic heterocycles. The molecule has 0 saturated carbocycles. The molecule has 0 unspecified atom stereocenters.